The van der Waals surface area contributed by atoms with Crippen LogP contribution in [-0.4, -0.2) is 14.8 Å². The zero-order valence-electron chi connectivity index (χ0n) is 15.7. The smallest absolute Gasteiger partial charge is 0.124 e. The molecule has 0 N–H and O–H groups in total. The van der Waals surface area contributed by atoms with Crippen molar-refractivity contribution < 1.29 is 4.39 Å². The van der Waals surface area contributed by atoms with Gasteiger partial charge in [-0.1, -0.05) is 42.8 Å². The van der Waals surface area contributed by atoms with Crippen LogP contribution >= 0.6 is 11.6 Å². The summed E-state index contributed by atoms with van der Waals surface area (Å²) in [4.78, 5) is 4.55. The van der Waals surface area contributed by atoms with Gasteiger partial charge < -0.3 is 0 Å². The van der Waals surface area contributed by atoms with Gasteiger partial charge in [-0.15, -0.1) is 0 Å². The fourth-order valence-electron chi connectivity index (χ4n) is 3.64. The van der Waals surface area contributed by atoms with Crippen LogP contribution in [0.15, 0.2) is 72.9 Å². The maximum atomic E-state index is 14.1. The Bertz CT molecular complexity index is 1340. The van der Waals surface area contributed by atoms with Gasteiger partial charge in [0, 0.05) is 27.6 Å². The molecule has 3 aromatic carbocycles. The van der Waals surface area contributed by atoms with Gasteiger partial charge in [0.25, 0.3) is 0 Å². The molecule has 0 aliphatic rings. The standard InChI is InChI=1S/C24H17ClFN3/c1-2-15-3-5-16(6-4-15)23-21-14-27-22-12-9-18(26)13-20(22)24(21)29(28-23)19-10-7-17(25)8-11-19/h3-14H,2H2,1H3. The van der Waals surface area contributed by atoms with Crippen LogP contribution in [0.2, 0.25) is 5.02 Å². The summed E-state index contributed by atoms with van der Waals surface area (Å²) in [6.45, 7) is 2.13. The van der Waals surface area contributed by atoms with Crippen molar-refractivity contribution in [2.24, 2.45) is 0 Å². The van der Waals surface area contributed by atoms with Crippen LogP contribution in [0.25, 0.3) is 38.8 Å². The van der Waals surface area contributed by atoms with E-state index in [2.05, 4.69) is 36.2 Å². The summed E-state index contributed by atoms with van der Waals surface area (Å²) in [5.74, 6) is -0.301. The maximum absolute atomic E-state index is 14.1. The van der Waals surface area contributed by atoms with E-state index in [1.807, 2.05) is 35.1 Å². The van der Waals surface area contributed by atoms with Gasteiger partial charge in [-0.2, -0.15) is 5.10 Å². The van der Waals surface area contributed by atoms with Gasteiger partial charge in [-0.05, 0) is 54.4 Å². The van der Waals surface area contributed by atoms with Crippen molar-refractivity contribution in [1.82, 2.24) is 14.8 Å². The summed E-state index contributed by atoms with van der Waals surface area (Å²) in [5.41, 5.74) is 5.48. The minimum absolute atomic E-state index is 0.301. The first-order valence-corrected chi connectivity index (χ1v) is 9.84. The third-order valence-corrected chi connectivity index (χ3v) is 5.43. The predicted molar refractivity (Wildman–Crippen MR) is 116 cm³/mol. The average molecular weight is 402 g/mol. The van der Waals surface area contributed by atoms with Crippen molar-refractivity contribution in [3.8, 4) is 16.9 Å². The molecule has 142 valence electrons. The van der Waals surface area contributed by atoms with Crippen LogP contribution in [0.1, 0.15) is 12.5 Å². The lowest BCUT2D eigenvalue weighted by atomic mass is 10.0. The zero-order chi connectivity index (χ0) is 20.0. The lowest BCUT2D eigenvalue weighted by molar-refractivity contribution is 0.629. The monoisotopic (exact) mass is 401 g/mol. The molecule has 2 heterocycles. The van der Waals surface area contributed by atoms with Crippen molar-refractivity contribution in [2.75, 3.05) is 0 Å². The molecular weight excluding hydrogens is 385 g/mol. The first-order chi connectivity index (χ1) is 14.1. The van der Waals surface area contributed by atoms with Crippen LogP contribution < -0.4 is 0 Å². The average Bonchev–Trinajstić information content (AvgIpc) is 3.14. The lowest BCUT2D eigenvalue weighted by Crippen LogP contribution is -1.97. The number of aryl methyl sites for hydroxylation is 1. The SMILES string of the molecule is CCc1ccc(-c2nn(-c3ccc(Cl)cc3)c3c2cnc2ccc(F)cc23)cc1. The van der Waals surface area contributed by atoms with Crippen molar-refractivity contribution in [3.05, 3.63) is 89.3 Å². The summed E-state index contributed by atoms with van der Waals surface area (Å²) in [6, 6.07) is 20.5. The topological polar surface area (TPSA) is 30.7 Å². The van der Waals surface area contributed by atoms with Gasteiger partial charge in [0.05, 0.1) is 16.7 Å². The van der Waals surface area contributed by atoms with E-state index in [0.717, 1.165) is 45.2 Å². The molecule has 0 fully saturated rings. The van der Waals surface area contributed by atoms with Gasteiger partial charge in [-0.3, -0.25) is 4.98 Å². The Morgan fingerprint density at radius 3 is 2.41 bits per heavy atom. The fraction of sp³-hybridized carbons (Fsp3) is 0.0833. The zero-order valence-corrected chi connectivity index (χ0v) is 16.5. The number of hydrogen-bond donors (Lipinski definition) is 0. The van der Waals surface area contributed by atoms with Crippen LogP contribution in [0, 0.1) is 5.82 Å². The van der Waals surface area contributed by atoms with E-state index >= 15 is 0 Å². The van der Waals surface area contributed by atoms with E-state index in [1.165, 1.54) is 17.7 Å². The highest BCUT2D eigenvalue weighted by molar-refractivity contribution is 6.30. The molecule has 5 aromatic rings. The molecule has 5 heteroatoms. The molecule has 0 aliphatic carbocycles. The van der Waals surface area contributed by atoms with Gasteiger partial charge in [0.2, 0.25) is 0 Å². The van der Waals surface area contributed by atoms with E-state index in [4.69, 9.17) is 16.7 Å². The molecule has 0 atom stereocenters. The highest BCUT2D eigenvalue weighted by Gasteiger charge is 2.17. The summed E-state index contributed by atoms with van der Waals surface area (Å²) in [5, 5.41) is 7.16. The Kier molecular flexibility index (Phi) is 4.29. The molecule has 0 radical (unpaired) electrons. The molecule has 0 spiro atoms. The second-order valence-electron chi connectivity index (χ2n) is 6.97. The quantitative estimate of drug-likeness (QED) is 0.341. The van der Waals surface area contributed by atoms with E-state index in [-0.39, 0.29) is 5.82 Å². The summed E-state index contributed by atoms with van der Waals surface area (Å²) < 4.78 is 15.9. The van der Waals surface area contributed by atoms with Crippen LogP contribution in [0.3, 0.4) is 0 Å². The number of fused-ring (bicyclic) bond motifs is 3. The van der Waals surface area contributed by atoms with Crippen molar-refractivity contribution >= 4 is 33.4 Å². The largest absolute Gasteiger partial charge is 0.255 e. The van der Waals surface area contributed by atoms with E-state index < -0.39 is 0 Å². The molecular formula is C24H17ClFN3. The number of rotatable bonds is 3. The first-order valence-electron chi connectivity index (χ1n) is 9.46. The summed E-state index contributed by atoms with van der Waals surface area (Å²) in [6.07, 6.45) is 2.80. The third-order valence-electron chi connectivity index (χ3n) is 5.18. The molecule has 0 saturated heterocycles. The molecule has 0 saturated carbocycles. The Hall–Kier alpha value is -3.24. The number of halogens is 2. The second kappa shape index (κ2) is 6.98. The number of pyridine rings is 1. The Morgan fingerprint density at radius 1 is 0.931 bits per heavy atom. The third kappa shape index (κ3) is 3.06. The van der Waals surface area contributed by atoms with Crippen LogP contribution in [0.4, 0.5) is 4.39 Å². The van der Waals surface area contributed by atoms with Crippen LogP contribution in [-0.2, 0) is 6.42 Å². The van der Waals surface area contributed by atoms with E-state index in [0.29, 0.717) is 5.02 Å². The molecule has 0 unspecified atom stereocenters. The second-order valence-corrected chi connectivity index (χ2v) is 7.41. The first kappa shape index (κ1) is 17.8. The highest BCUT2D eigenvalue weighted by Crippen LogP contribution is 2.34. The van der Waals surface area contributed by atoms with Gasteiger partial charge in [-0.25, -0.2) is 9.07 Å². The van der Waals surface area contributed by atoms with Gasteiger partial charge >= 0.3 is 0 Å². The molecule has 0 amide bonds. The molecule has 3 nitrogen and oxygen atoms in total. The van der Waals surface area contributed by atoms with Gasteiger partial charge in [0.1, 0.15) is 11.5 Å². The molecule has 29 heavy (non-hydrogen) atoms. The molecule has 5 rings (SSSR count). The summed E-state index contributed by atoms with van der Waals surface area (Å²) in [7, 11) is 0. The molecule has 0 aliphatic heterocycles. The number of aromatic nitrogens is 3. The van der Waals surface area contributed by atoms with E-state index in [9.17, 15) is 4.39 Å². The Labute approximate surface area is 172 Å². The highest BCUT2D eigenvalue weighted by atomic mass is 35.5. The van der Waals surface area contributed by atoms with Crippen molar-refractivity contribution in [3.63, 3.8) is 0 Å². The van der Waals surface area contributed by atoms with Crippen molar-refractivity contribution in [1.29, 1.82) is 0 Å². The van der Waals surface area contributed by atoms with Crippen molar-refractivity contribution in [2.45, 2.75) is 13.3 Å². The Morgan fingerprint density at radius 2 is 1.69 bits per heavy atom. The normalized spacial score (nSPS) is 11.4. The minimum atomic E-state index is -0.301. The minimum Gasteiger partial charge on any atom is -0.255 e. The van der Waals surface area contributed by atoms with Crippen LogP contribution in [0.5, 0.6) is 0 Å². The number of benzene rings is 3. The van der Waals surface area contributed by atoms with E-state index in [1.54, 1.807) is 6.07 Å². The fourth-order valence-corrected chi connectivity index (χ4v) is 3.76. The number of nitrogens with zero attached hydrogens (tertiary/aromatic N) is 3. The lowest BCUT2D eigenvalue weighted by Gasteiger charge is -2.06. The predicted octanol–water partition coefficient (Wildman–Crippen LogP) is 6.60. The summed E-state index contributed by atoms with van der Waals surface area (Å²) >= 11 is 6.07. The molecule has 2 aromatic heterocycles. The van der Waals surface area contributed by atoms with Gasteiger partial charge in [0.15, 0.2) is 0 Å². The maximum Gasteiger partial charge on any atom is 0.124 e. The Balaban J connectivity index is 1.86. The molecule has 0 bridgehead atoms. The number of hydrogen-bond acceptors (Lipinski definition) is 2.